The summed E-state index contributed by atoms with van der Waals surface area (Å²) in [5, 5.41) is 0.904. The molecule has 4 atom stereocenters. The van der Waals surface area contributed by atoms with Gasteiger partial charge in [0.1, 0.15) is 0 Å². The summed E-state index contributed by atoms with van der Waals surface area (Å²) in [5.41, 5.74) is 0. The number of fused-ring (bicyclic) bond motifs is 1. The van der Waals surface area contributed by atoms with E-state index in [0.717, 1.165) is 11.5 Å². The number of hydroxylamine groups is 2. The van der Waals surface area contributed by atoms with Crippen molar-refractivity contribution in [2.75, 3.05) is 7.11 Å². The molecule has 0 bridgehead atoms. The molecule has 4 unspecified atom stereocenters. The molecule has 0 radical (unpaired) electrons. The summed E-state index contributed by atoms with van der Waals surface area (Å²) in [4.78, 5) is 28.5. The van der Waals surface area contributed by atoms with Crippen molar-refractivity contribution >= 4 is 11.8 Å². The number of hydrogen-bond donors (Lipinski definition) is 0. The molecule has 2 fully saturated rings. The van der Waals surface area contributed by atoms with Gasteiger partial charge in [0.05, 0.1) is 18.9 Å². The zero-order valence-corrected chi connectivity index (χ0v) is 8.97. The lowest BCUT2D eigenvalue weighted by atomic mass is 9.90. The van der Waals surface area contributed by atoms with Crippen LogP contribution >= 0.6 is 0 Å². The van der Waals surface area contributed by atoms with Crippen LogP contribution in [0.4, 0.5) is 0 Å². The van der Waals surface area contributed by atoms with Crippen molar-refractivity contribution in [1.29, 1.82) is 0 Å². The van der Waals surface area contributed by atoms with E-state index in [-0.39, 0.29) is 35.5 Å². The van der Waals surface area contributed by atoms with E-state index in [9.17, 15) is 9.59 Å². The molecule has 1 aliphatic carbocycles. The average Bonchev–Trinajstić information content (AvgIpc) is 2.66. The Labute approximate surface area is 88.8 Å². The second-order valence-electron chi connectivity index (χ2n) is 4.32. The number of allylic oxidation sites excluding steroid dienone is 1. The molecule has 0 aromatic rings. The third-order valence-corrected chi connectivity index (χ3v) is 3.56. The topological polar surface area (TPSA) is 46.6 Å². The Bertz CT molecular complexity index is 326. The highest BCUT2D eigenvalue weighted by Crippen LogP contribution is 2.47. The normalized spacial score (nSPS) is 39.7. The average molecular weight is 209 g/mol. The van der Waals surface area contributed by atoms with Crippen LogP contribution in [0, 0.1) is 23.7 Å². The van der Waals surface area contributed by atoms with Crippen LogP contribution in [-0.2, 0) is 14.4 Å². The van der Waals surface area contributed by atoms with Gasteiger partial charge in [-0.25, -0.2) is 0 Å². The van der Waals surface area contributed by atoms with Gasteiger partial charge in [-0.2, -0.15) is 5.06 Å². The molecule has 2 rings (SSSR count). The quantitative estimate of drug-likeness (QED) is 0.503. The van der Waals surface area contributed by atoms with Crippen molar-refractivity contribution in [3.05, 3.63) is 12.7 Å². The van der Waals surface area contributed by atoms with Crippen LogP contribution < -0.4 is 0 Å². The van der Waals surface area contributed by atoms with E-state index in [1.54, 1.807) is 6.08 Å². The van der Waals surface area contributed by atoms with E-state index >= 15 is 0 Å². The third kappa shape index (κ3) is 1.24. The van der Waals surface area contributed by atoms with E-state index in [1.807, 2.05) is 6.92 Å². The number of amides is 2. The number of carbonyl (C=O) groups is 2. The van der Waals surface area contributed by atoms with Crippen molar-refractivity contribution in [2.45, 2.75) is 13.3 Å². The first-order valence-corrected chi connectivity index (χ1v) is 5.16. The van der Waals surface area contributed by atoms with Crippen LogP contribution in [0.5, 0.6) is 0 Å². The van der Waals surface area contributed by atoms with Crippen LogP contribution in [0.1, 0.15) is 13.3 Å². The van der Waals surface area contributed by atoms with Gasteiger partial charge in [0, 0.05) is 0 Å². The van der Waals surface area contributed by atoms with Crippen LogP contribution in [-0.4, -0.2) is 24.0 Å². The van der Waals surface area contributed by atoms with Gasteiger partial charge in [-0.1, -0.05) is 13.0 Å². The van der Waals surface area contributed by atoms with E-state index in [1.165, 1.54) is 7.11 Å². The minimum absolute atomic E-state index is 0.113. The van der Waals surface area contributed by atoms with Gasteiger partial charge < -0.3 is 0 Å². The number of imide groups is 1. The summed E-state index contributed by atoms with van der Waals surface area (Å²) < 4.78 is 0. The van der Waals surface area contributed by atoms with E-state index in [2.05, 4.69) is 6.58 Å². The lowest BCUT2D eigenvalue weighted by Crippen LogP contribution is -2.32. The summed E-state index contributed by atoms with van der Waals surface area (Å²) >= 11 is 0. The van der Waals surface area contributed by atoms with Gasteiger partial charge in [0.15, 0.2) is 0 Å². The van der Waals surface area contributed by atoms with Crippen LogP contribution in [0.25, 0.3) is 0 Å². The number of carbonyl (C=O) groups excluding carboxylic acids is 2. The van der Waals surface area contributed by atoms with Crippen molar-refractivity contribution in [3.8, 4) is 0 Å². The molecule has 1 aliphatic heterocycles. The highest BCUT2D eigenvalue weighted by molar-refractivity contribution is 6.04. The summed E-state index contributed by atoms with van der Waals surface area (Å²) in [5.74, 6) is -0.507. The first kappa shape index (κ1) is 10.4. The van der Waals surface area contributed by atoms with Crippen LogP contribution in [0.15, 0.2) is 12.7 Å². The predicted octanol–water partition coefficient (Wildman–Crippen LogP) is 0.991. The molecule has 0 N–H and O–H groups in total. The first-order valence-electron chi connectivity index (χ1n) is 5.16. The SMILES string of the molecule is C=CC1CC(C)C2C(=O)N(OC)C(=O)C12. The van der Waals surface area contributed by atoms with E-state index in [4.69, 9.17) is 4.84 Å². The molecule has 1 heterocycles. The molecule has 0 aromatic heterocycles. The van der Waals surface area contributed by atoms with Gasteiger partial charge in [-0.15, -0.1) is 6.58 Å². The molecule has 82 valence electrons. The number of hydrogen-bond acceptors (Lipinski definition) is 3. The minimum atomic E-state index is -0.245. The summed E-state index contributed by atoms with van der Waals surface area (Å²) in [6, 6.07) is 0. The molecule has 1 saturated carbocycles. The molecular formula is C11H15NO3. The second kappa shape index (κ2) is 3.45. The maximum Gasteiger partial charge on any atom is 0.257 e. The summed E-state index contributed by atoms with van der Waals surface area (Å²) in [7, 11) is 1.35. The first-order chi connectivity index (χ1) is 7.11. The zero-order chi connectivity index (χ0) is 11.2. The van der Waals surface area contributed by atoms with Gasteiger partial charge >= 0.3 is 0 Å². The fourth-order valence-electron chi connectivity index (χ4n) is 2.88. The van der Waals surface area contributed by atoms with Crippen LogP contribution in [0.2, 0.25) is 0 Å². The maximum atomic E-state index is 11.9. The third-order valence-electron chi connectivity index (χ3n) is 3.56. The van der Waals surface area contributed by atoms with Gasteiger partial charge in [0.2, 0.25) is 0 Å². The largest absolute Gasteiger partial charge is 0.272 e. The fourth-order valence-corrected chi connectivity index (χ4v) is 2.88. The Morgan fingerprint density at radius 2 is 2.00 bits per heavy atom. The summed E-state index contributed by atoms with van der Waals surface area (Å²) in [6.45, 7) is 5.73. The Kier molecular flexibility index (Phi) is 2.38. The molecule has 1 saturated heterocycles. The van der Waals surface area contributed by atoms with Gasteiger partial charge in [-0.05, 0) is 18.3 Å². The van der Waals surface area contributed by atoms with Crippen molar-refractivity contribution in [1.82, 2.24) is 5.06 Å². The minimum Gasteiger partial charge on any atom is -0.272 e. The Balaban J connectivity index is 2.34. The molecule has 2 aliphatic rings. The monoisotopic (exact) mass is 209 g/mol. The van der Waals surface area contributed by atoms with Gasteiger partial charge in [0.25, 0.3) is 11.8 Å². The molecule has 4 heteroatoms. The molecule has 0 aromatic carbocycles. The van der Waals surface area contributed by atoms with Crippen LogP contribution in [0.3, 0.4) is 0 Å². The number of nitrogens with zero attached hydrogens (tertiary/aromatic N) is 1. The van der Waals surface area contributed by atoms with Gasteiger partial charge in [-0.3, -0.25) is 14.4 Å². The lowest BCUT2D eigenvalue weighted by molar-refractivity contribution is -0.182. The maximum absolute atomic E-state index is 11.9. The van der Waals surface area contributed by atoms with Crippen molar-refractivity contribution < 1.29 is 14.4 Å². The lowest BCUT2D eigenvalue weighted by Gasteiger charge is -2.15. The van der Waals surface area contributed by atoms with E-state index in [0.29, 0.717) is 0 Å². The standard InChI is InChI=1S/C11H15NO3/c1-4-7-5-6(2)8-9(7)11(14)12(15-3)10(8)13/h4,6-9H,1,5H2,2-3H3. The highest BCUT2D eigenvalue weighted by atomic mass is 16.7. The molecule has 15 heavy (non-hydrogen) atoms. The van der Waals surface area contributed by atoms with E-state index < -0.39 is 0 Å². The Morgan fingerprint density at radius 3 is 2.53 bits per heavy atom. The van der Waals surface area contributed by atoms with Crippen molar-refractivity contribution in [3.63, 3.8) is 0 Å². The highest BCUT2D eigenvalue weighted by Gasteiger charge is 2.57. The predicted molar refractivity (Wildman–Crippen MR) is 53.3 cm³/mol. The fraction of sp³-hybridized carbons (Fsp3) is 0.636. The Hall–Kier alpha value is -1.16. The number of rotatable bonds is 2. The summed E-state index contributed by atoms with van der Waals surface area (Å²) in [6.07, 6.45) is 2.65. The van der Waals surface area contributed by atoms with Crippen molar-refractivity contribution in [2.24, 2.45) is 23.7 Å². The smallest absolute Gasteiger partial charge is 0.257 e. The molecule has 0 spiro atoms. The second-order valence-corrected chi connectivity index (χ2v) is 4.32. The Morgan fingerprint density at radius 1 is 1.40 bits per heavy atom. The molecule has 2 amide bonds. The molecular weight excluding hydrogens is 194 g/mol. The zero-order valence-electron chi connectivity index (χ0n) is 8.97. The molecule has 4 nitrogen and oxygen atoms in total.